The van der Waals surface area contributed by atoms with Gasteiger partial charge in [-0.25, -0.2) is 4.39 Å². The number of hydrogen-bond acceptors (Lipinski definition) is 3. The van der Waals surface area contributed by atoms with E-state index in [1.165, 1.54) is 0 Å². The van der Waals surface area contributed by atoms with Gasteiger partial charge in [-0.1, -0.05) is 23.8 Å². The summed E-state index contributed by atoms with van der Waals surface area (Å²) in [5.74, 6) is 0.617. The summed E-state index contributed by atoms with van der Waals surface area (Å²) in [6.07, 6.45) is 1.67. The minimum Gasteiger partial charge on any atom is -0.393 e. The monoisotopic (exact) mass is 248 g/mol. The maximum atomic E-state index is 13.4. The molecule has 82 valence electrons. The van der Waals surface area contributed by atoms with Crippen molar-refractivity contribution in [3.05, 3.63) is 21.8 Å². The fraction of sp³-hybridized carbons (Fsp3) is 0.444. The molecule has 0 saturated carbocycles. The van der Waals surface area contributed by atoms with Crippen LogP contribution in [0.25, 0.3) is 0 Å². The van der Waals surface area contributed by atoms with Crippen LogP contribution in [0.4, 0.5) is 10.2 Å². The number of hydrogen-bond donors (Lipinski definition) is 2. The molecule has 1 aromatic heterocycles. The maximum Gasteiger partial charge on any atom is 0.168 e. The van der Waals surface area contributed by atoms with Crippen molar-refractivity contribution in [2.45, 2.75) is 5.67 Å². The molecule has 0 aliphatic carbocycles. The number of nitrogens with one attached hydrogen (secondary N) is 1. The van der Waals surface area contributed by atoms with E-state index in [9.17, 15) is 4.39 Å². The van der Waals surface area contributed by atoms with Gasteiger partial charge in [0, 0.05) is 6.20 Å². The molecule has 0 spiro atoms. The number of aromatic nitrogens is 1. The van der Waals surface area contributed by atoms with Crippen LogP contribution in [0.3, 0.4) is 0 Å². The second-order valence-electron chi connectivity index (χ2n) is 3.67. The zero-order valence-electron chi connectivity index (χ0n) is 7.83. The lowest BCUT2D eigenvalue weighted by molar-refractivity contribution is 0.0440. The highest BCUT2D eigenvalue weighted by atomic mass is 35.5. The topological polar surface area (TPSA) is 39.3 Å². The van der Waals surface area contributed by atoms with Crippen LogP contribution in [0.1, 0.15) is 0 Å². The first-order valence-corrected chi connectivity index (χ1v) is 5.26. The summed E-state index contributed by atoms with van der Waals surface area (Å²) in [7, 11) is 0. The Hall–Kier alpha value is -0.650. The molecule has 1 aromatic rings. The van der Waals surface area contributed by atoms with Crippen LogP contribution < -0.4 is 4.90 Å². The van der Waals surface area contributed by atoms with E-state index in [0.29, 0.717) is 15.4 Å². The van der Waals surface area contributed by atoms with E-state index >= 15 is 0 Å². The molecule has 15 heavy (non-hydrogen) atoms. The maximum absolute atomic E-state index is 13.4. The normalized spacial score (nSPS) is 18.7. The number of aliphatic hydroxyl groups excluding tert-OH is 1. The zero-order valence-corrected chi connectivity index (χ0v) is 9.41. The molecule has 0 radical (unpaired) electrons. The highest BCUT2D eigenvalue weighted by Gasteiger charge is 2.44. The highest BCUT2D eigenvalue weighted by Crippen LogP contribution is 2.33. The molecule has 2 rings (SSSR count). The summed E-state index contributed by atoms with van der Waals surface area (Å²) in [5, 5.41) is 9.19. The SMILES string of the molecule is OCC1(F)CN(c2[nH]ccc(=S)c2Cl)C1. The van der Waals surface area contributed by atoms with Crippen molar-refractivity contribution in [1.82, 2.24) is 4.98 Å². The van der Waals surface area contributed by atoms with E-state index in [2.05, 4.69) is 4.98 Å². The van der Waals surface area contributed by atoms with Gasteiger partial charge in [0.2, 0.25) is 0 Å². The zero-order chi connectivity index (χ0) is 11.1. The Bertz CT molecular complexity index is 430. The number of pyridine rings is 1. The van der Waals surface area contributed by atoms with Crippen molar-refractivity contribution in [3.63, 3.8) is 0 Å². The molecule has 3 nitrogen and oxygen atoms in total. The molecule has 0 unspecified atom stereocenters. The number of halogens is 2. The Balaban J connectivity index is 2.20. The van der Waals surface area contributed by atoms with E-state index in [4.69, 9.17) is 28.9 Å². The Labute approximate surface area is 96.5 Å². The Kier molecular flexibility index (Phi) is 2.70. The number of nitrogens with zero attached hydrogens (tertiary/aromatic N) is 1. The van der Waals surface area contributed by atoms with Crippen molar-refractivity contribution in [1.29, 1.82) is 0 Å². The number of rotatable bonds is 2. The number of aromatic amines is 1. The first-order chi connectivity index (χ1) is 7.06. The lowest BCUT2D eigenvalue weighted by atomic mass is 9.97. The third kappa shape index (κ3) is 1.87. The molecule has 1 aliphatic heterocycles. The van der Waals surface area contributed by atoms with Gasteiger partial charge in [-0.05, 0) is 6.07 Å². The van der Waals surface area contributed by atoms with E-state index in [0.717, 1.165) is 0 Å². The van der Waals surface area contributed by atoms with E-state index in [1.54, 1.807) is 17.2 Å². The molecule has 2 N–H and O–H groups in total. The molecule has 1 aliphatic rings. The van der Waals surface area contributed by atoms with Crippen molar-refractivity contribution < 1.29 is 9.50 Å². The quantitative estimate of drug-likeness (QED) is 0.786. The first kappa shape index (κ1) is 10.9. The van der Waals surface area contributed by atoms with Crippen LogP contribution in [0.5, 0.6) is 0 Å². The predicted molar refractivity (Wildman–Crippen MR) is 59.8 cm³/mol. The summed E-state index contributed by atoms with van der Waals surface area (Å²) in [6, 6.07) is 1.68. The molecule has 2 heterocycles. The van der Waals surface area contributed by atoms with E-state index < -0.39 is 12.3 Å². The van der Waals surface area contributed by atoms with Gasteiger partial charge in [0.1, 0.15) is 5.82 Å². The van der Waals surface area contributed by atoms with Crippen molar-refractivity contribution in [2.24, 2.45) is 0 Å². The minimum atomic E-state index is -1.51. The molecule has 6 heteroatoms. The summed E-state index contributed by atoms with van der Waals surface area (Å²) in [6.45, 7) is -0.189. The van der Waals surface area contributed by atoms with Gasteiger partial charge < -0.3 is 15.0 Å². The standard InChI is InChI=1S/C9H10ClFN2OS/c10-7-6(15)1-2-12-8(7)13-3-9(11,4-13)5-14/h1-2,14H,3-5H2,(H,12,15). The molecular formula is C9H10ClFN2OS. The number of aliphatic hydroxyl groups is 1. The highest BCUT2D eigenvalue weighted by molar-refractivity contribution is 7.71. The molecule has 1 saturated heterocycles. The van der Waals surface area contributed by atoms with Gasteiger partial charge in [0.25, 0.3) is 0 Å². The smallest absolute Gasteiger partial charge is 0.168 e. The average Bonchev–Trinajstić information content (AvgIpc) is 2.18. The van der Waals surface area contributed by atoms with Gasteiger partial charge in [0.05, 0.1) is 29.2 Å². The fourth-order valence-corrected chi connectivity index (χ4v) is 1.98. The lowest BCUT2D eigenvalue weighted by Gasteiger charge is -2.44. The van der Waals surface area contributed by atoms with Gasteiger partial charge in [-0.2, -0.15) is 0 Å². The third-order valence-electron chi connectivity index (χ3n) is 2.43. The summed E-state index contributed by atoms with van der Waals surface area (Å²) in [4.78, 5) is 4.64. The van der Waals surface area contributed by atoms with E-state index in [1.807, 2.05) is 0 Å². The first-order valence-electron chi connectivity index (χ1n) is 4.48. The van der Waals surface area contributed by atoms with Crippen LogP contribution >= 0.6 is 23.8 Å². The second kappa shape index (κ2) is 3.73. The Morgan fingerprint density at radius 3 is 2.93 bits per heavy atom. The van der Waals surface area contributed by atoms with Gasteiger partial charge in [-0.3, -0.25) is 0 Å². The second-order valence-corrected chi connectivity index (χ2v) is 4.49. The third-order valence-corrected chi connectivity index (χ3v) is 3.26. The average molecular weight is 249 g/mol. The lowest BCUT2D eigenvalue weighted by Crippen LogP contribution is -2.61. The number of alkyl halides is 1. The fourth-order valence-electron chi connectivity index (χ4n) is 1.58. The van der Waals surface area contributed by atoms with Crippen molar-refractivity contribution in [3.8, 4) is 0 Å². The van der Waals surface area contributed by atoms with Crippen molar-refractivity contribution in [2.75, 3.05) is 24.6 Å². The molecule has 0 aromatic carbocycles. The predicted octanol–water partition coefficient (Wildman–Crippen LogP) is 1.92. The van der Waals surface area contributed by atoms with Crippen LogP contribution in [0.15, 0.2) is 12.3 Å². The molecular weight excluding hydrogens is 239 g/mol. The Morgan fingerprint density at radius 1 is 1.67 bits per heavy atom. The van der Waals surface area contributed by atoms with Crippen LogP contribution in [-0.4, -0.2) is 35.5 Å². The Morgan fingerprint density at radius 2 is 2.33 bits per heavy atom. The number of anilines is 1. The van der Waals surface area contributed by atoms with E-state index in [-0.39, 0.29) is 13.1 Å². The van der Waals surface area contributed by atoms with Gasteiger partial charge >= 0.3 is 0 Å². The molecule has 0 atom stereocenters. The van der Waals surface area contributed by atoms with Crippen LogP contribution in [-0.2, 0) is 0 Å². The summed E-state index contributed by atoms with van der Waals surface area (Å²) >= 11 is 11.0. The van der Waals surface area contributed by atoms with Gasteiger partial charge in [-0.15, -0.1) is 0 Å². The summed E-state index contributed by atoms with van der Waals surface area (Å²) in [5.41, 5.74) is -1.51. The van der Waals surface area contributed by atoms with Crippen LogP contribution in [0, 0.1) is 4.51 Å². The van der Waals surface area contributed by atoms with Crippen LogP contribution in [0.2, 0.25) is 5.02 Å². The largest absolute Gasteiger partial charge is 0.393 e. The summed E-state index contributed by atoms with van der Waals surface area (Å²) < 4.78 is 14.0. The van der Waals surface area contributed by atoms with Crippen molar-refractivity contribution >= 4 is 29.6 Å². The molecule has 0 bridgehead atoms. The molecule has 0 amide bonds. The minimum absolute atomic E-state index is 0.137. The molecule has 1 fully saturated rings. The number of H-pyrrole nitrogens is 1. The van der Waals surface area contributed by atoms with Gasteiger partial charge in [0.15, 0.2) is 5.67 Å².